The molecule has 1 aromatic heterocycles. The molecule has 0 spiro atoms. The fourth-order valence-corrected chi connectivity index (χ4v) is 2.57. The van der Waals surface area contributed by atoms with Gasteiger partial charge in [0.1, 0.15) is 11.3 Å². The molecule has 0 bridgehead atoms. The number of anilines is 1. The minimum absolute atomic E-state index is 0.0272. The zero-order valence-electron chi connectivity index (χ0n) is 14.0. The molecule has 130 valence electrons. The number of aromatic carboxylic acids is 1. The molecule has 6 heteroatoms. The van der Waals surface area contributed by atoms with Crippen LogP contribution in [-0.4, -0.2) is 29.1 Å². The van der Waals surface area contributed by atoms with Crippen molar-refractivity contribution in [2.45, 2.75) is 0 Å². The van der Waals surface area contributed by atoms with Gasteiger partial charge < -0.3 is 15.2 Å². The number of ether oxygens (including phenoxy) is 1. The van der Waals surface area contributed by atoms with Crippen LogP contribution in [-0.2, 0) is 0 Å². The maximum Gasteiger partial charge on any atom is 0.339 e. The smallest absolute Gasteiger partial charge is 0.339 e. The van der Waals surface area contributed by atoms with Crippen LogP contribution < -0.4 is 10.1 Å². The second-order valence-corrected chi connectivity index (χ2v) is 5.43. The molecule has 3 aromatic rings. The summed E-state index contributed by atoms with van der Waals surface area (Å²) in [5, 5.41) is 11.9. The predicted octanol–water partition coefficient (Wildman–Crippen LogP) is 3.71. The van der Waals surface area contributed by atoms with Crippen LogP contribution in [0.4, 0.5) is 5.69 Å². The lowest BCUT2D eigenvalue weighted by Crippen LogP contribution is -2.13. The van der Waals surface area contributed by atoms with E-state index in [-0.39, 0.29) is 17.2 Å². The molecule has 0 unspecified atom stereocenters. The van der Waals surface area contributed by atoms with Crippen molar-refractivity contribution >= 4 is 17.6 Å². The Hall–Kier alpha value is -3.67. The van der Waals surface area contributed by atoms with E-state index < -0.39 is 5.97 Å². The minimum atomic E-state index is -1.10. The Morgan fingerprint density at radius 1 is 1.00 bits per heavy atom. The van der Waals surface area contributed by atoms with Crippen LogP contribution in [0.2, 0.25) is 0 Å². The average Bonchev–Trinajstić information content (AvgIpc) is 2.68. The van der Waals surface area contributed by atoms with Crippen molar-refractivity contribution in [2.75, 3.05) is 12.4 Å². The second-order valence-electron chi connectivity index (χ2n) is 5.43. The van der Waals surface area contributed by atoms with E-state index in [0.717, 1.165) is 0 Å². The lowest BCUT2D eigenvalue weighted by atomic mass is 10.0. The number of amides is 1. The van der Waals surface area contributed by atoms with E-state index in [9.17, 15) is 9.59 Å². The van der Waals surface area contributed by atoms with Crippen LogP contribution in [0.5, 0.6) is 5.75 Å². The number of carbonyl (C=O) groups is 2. The third-order valence-electron chi connectivity index (χ3n) is 3.80. The largest absolute Gasteiger partial charge is 0.496 e. The van der Waals surface area contributed by atoms with Crippen LogP contribution in [0, 0.1) is 0 Å². The Balaban J connectivity index is 1.91. The molecule has 1 amide bonds. The molecule has 2 aromatic carbocycles. The van der Waals surface area contributed by atoms with Crippen LogP contribution in [0.1, 0.15) is 20.7 Å². The minimum Gasteiger partial charge on any atom is -0.496 e. The molecule has 0 radical (unpaired) electrons. The van der Waals surface area contributed by atoms with Crippen LogP contribution in [0.15, 0.2) is 66.9 Å². The van der Waals surface area contributed by atoms with Crippen LogP contribution >= 0.6 is 0 Å². The van der Waals surface area contributed by atoms with Crippen molar-refractivity contribution in [3.8, 4) is 17.0 Å². The molecule has 3 rings (SSSR count). The maximum absolute atomic E-state index is 12.7. The average molecular weight is 348 g/mol. The first kappa shape index (κ1) is 17.2. The van der Waals surface area contributed by atoms with Crippen molar-refractivity contribution in [1.29, 1.82) is 0 Å². The summed E-state index contributed by atoms with van der Waals surface area (Å²) in [5.74, 6) is -1.25. The van der Waals surface area contributed by atoms with E-state index in [2.05, 4.69) is 10.3 Å². The van der Waals surface area contributed by atoms with E-state index in [1.165, 1.54) is 25.3 Å². The molecule has 0 saturated carbocycles. The number of hydrogen-bond acceptors (Lipinski definition) is 4. The normalized spacial score (nSPS) is 10.2. The molecule has 2 N–H and O–H groups in total. The van der Waals surface area contributed by atoms with Gasteiger partial charge in [-0.1, -0.05) is 24.3 Å². The third kappa shape index (κ3) is 3.54. The molecule has 0 aliphatic heterocycles. The summed E-state index contributed by atoms with van der Waals surface area (Å²) >= 11 is 0. The van der Waals surface area contributed by atoms with Crippen LogP contribution in [0.3, 0.4) is 0 Å². The van der Waals surface area contributed by atoms with Gasteiger partial charge in [-0.15, -0.1) is 0 Å². The van der Waals surface area contributed by atoms with E-state index in [4.69, 9.17) is 9.84 Å². The number of nitrogens with one attached hydrogen (secondary N) is 1. The Morgan fingerprint density at radius 2 is 1.77 bits per heavy atom. The molecule has 0 saturated heterocycles. The molecule has 0 fully saturated rings. The Morgan fingerprint density at radius 3 is 2.46 bits per heavy atom. The van der Waals surface area contributed by atoms with Gasteiger partial charge in [0.05, 0.1) is 12.8 Å². The first-order chi connectivity index (χ1) is 12.6. The number of pyridine rings is 1. The first-order valence-corrected chi connectivity index (χ1v) is 7.83. The van der Waals surface area contributed by atoms with Gasteiger partial charge in [-0.05, 0) is 30.3 Å². The summed E-state index contributed by atoms with van der Waals surface area (Å²) in [7, 11) is 1.38. The highest BCUT2D eigenvalue weighted by molar-refractivity contribution is 6.08. The number of rotatable bonds is 5. The quantitative estimate of drug-likeness (QED) is 0.734. The molecule has 0 aliphatic carbocycles. The number of methoxy groups -OCH3 is 1. The van der Waals surface area contributed by atoms with Crippen molar-refractivity contribution in [3.63, 3.8) is 0 Å². The van der Waals surface area contributed by atoms with E-state index in [0.29, 0.717) is 22.5 Å². The van der Waals surface area contributed by atoms with Crippen molar-refractivity contribution in [3.05, 3.63) is 78.0 Å². The zero-order valence-corrected chi connectivity index (χ0v) is 14.0. The van der Waals surface area contributed by atoms with E-state index in [1.807, 2.05) is 30.3 Å². The fraction of sp³-hybridized carbons (Fsp3) is 0.0500. The SMILES string of the molecule is COc1cc(NC(=O)c2ccccc2-c2ccccn2)ccc1C(=O)O. The van der Waals surface area contributed by atoms with Crippen molar-refractivity contribution in [2.24, 2.45) is 0 Å². The summed E-state index contributed by atoms with van der Waals surface area (Å²) in [4.78, 5) is 28.2. The zero-order chi connectivity index (χ0) is 18.5. The van der Waals surface area contributed by atoms with Gasteiger partial charge >= 0.3 is 5.97 Å². The molecule has 0 atom stereocenters. The first-order valence-electron chi connectivity index (χ1n) is 7.83. The summed E-state index contributed by atoms with van der Waals surface area (Å²) in [6.07, 6.45) is 1.67. The maximum atomic E-state index is 12.7. The number of benzene rings is 2. The summed E-state index contributed by atoms with van der Waals surface area (Å²) < 4.78 is 5.09. The highest BCUT2D eigenvalue weighted by atomic mass is 16.5. The van der Waals surface area contributed by atoms with Gasteiger partial charge in [0.15, 0.2) is 0 Å². The van der Waals surface area contributed by atoms with Gasteiger partial charge in [0.25, 0.3) is 5.91 Å². The molecule has 6 nitrogen and oxygen atoms in total. The lowest BCUT2D eigenvalue weighted by molar-refractivity contribution is 0.0693. The predicted molar refractivity (Wildman–Crippen MR) is 97.6 cm³/mol. The highest BCUT2D eigenvalue weighted by Crippen LogP contribution is 2.26. The van der Waals surface area contributed by atoms with E-state index >= 15 is 0 Å². The lowest BCUT2D eigenvalue weighted by Gasteiger charge is -2.11. The molecule has 0 aliphatic rings. The Kier molecular flexibility index (Phi) is 4.94. The van der Waals surface area contributed by atoms with Gasteiger partial charge in [0, 0.05) is 29.1 Å². The molecular formula is C20H16N2O4. The molecular weight excluding hydrogens is 332 g/mol. The second kappa shape index (κ2) is 7.48. The molecule has 1 heterocycles. The standard InChI is InChI=1S/C20H16N2O4/c1-26-18-12-13(9-10-16(18)20(24)25)22-19(23)15-7-3-2-6-14(15)17-8-4-5-11-21-17/h2-12H,1H3,(H,22,23)(H,24,25). The number of nitrogens with zero attached hydrogens (tertiary/aromatic N) is 1. The number of carboxylic acids is 1. The number of aromatic nitrogens is 1. The number of hydrogen-bond donors (Lipinski definition) is 2. The Bertz CT molecular complexity index is 955. The highest BCUT2D eigenvalue weighted by Gasteiger charge is 2.15. The van der Waals surface area contributed by atoms with Crippen molar-refractivity contribution < 1.29 is 19.4 Å². The van der Waals surface area contributed by atoms with Gasteiger partial charge in [-0.25, -0.2) is 4.79 Å². The monoisotopic (exact) mass is 348 g/mol. The number of carboxylic acid groups (broad SMARTS) is 1. The summed E-state index contributed by atoms with van der Waals surface area (Å²) in [6, 6.07) is 17.0. The van der Waals surface area contributed by atoms with Crippen LogP contribution in [0.25, 0.3) is 11.3 Å². The Labute approximate surface area is 150 Å². The van der Waals surface area contributed by atoms with Gasteiger partial charge in [0.2, 0.25) is 0 Å². The third-order valence-corrected chi connectivity index (χ3v) is 3.80. The molecule has 26 heavy (non-hydrogen) atoms. The topological polar surface area (TPSA) is 88.5 Å². The summed E-state index contributed by atoms with van der Waals surface area (Å²) in [5.41, 5.74) is 2.33. The fourth-order valence-electron chi connectivity index (χ4n) is 2.57. The number of carbonyl (C=O) groups excluding carboxylic acids is 1. The van der Waals surface area contributed by atoms with E-state index in [1.54, 1.807) is 18.3 Å². The van der Waals surface area contributed by atoms with Gasteiger partial charge in [-0.3, -0.25) is 9.78 Å². The van der Waals surface area contributed by atoms with Crippen molar-refractivity contribution in [1.82, 2.24) is 4.98 Å². The van der Waals surface area contributed by atoms with Gasteiger partial charge in [-0.2, -0.15) is 0 Å². The summed E-state index contributed by atoms with van der Waals surface area (Å²) in [6.45, 7) is 0.